The van der Waals surface area contributed by atoms with E-state index in [1.807, 2.05) is 0 Å². The highest BCUT2D eigenvalue weighted by Gasteiger charge is 2.20. The molecule has 0 spiro atoms. The van der Waals surface area contributed by atoms with E-state index in [0.717, 1.165) is 31.5 Å². The molecule has 1 saturated heterocycles. The van der Waals surface area contributed by atoms with Crippen LogP contribution in [-0.4, -0.2) is 49.5 Å². The van der Waals surface area contributed by atoms with E-state index in [4.69, 9.17) is 4.74 Å². The van der Waals surface area contributed by atoms with E-state index >= 15 is 0 Å². The SMILES string of the molecule is COC[C@@H](O)CN1CCC[C@H](C(C)C)CC1. The van der Waals surface area contributed by atoms with Gasteiger partial charge in [0.05, 0.1) is 12.7 Å². The summed E-state index contributed by atoms with van der Waals surface area (Å²) in [5, 5.41) is 9.70. The Hall–Kier alpha value is -0.120. The number of β-amino-alcohol motifs (C(OH)–C–C–N with tert-alkyl or cyclic N) is 1. The van der Waals surface area contributed by atoms with Crippen LogP contribution in [0.4, 0.5) is 0 Å². The van der Waals surface area contributed by atoms with Gasteiger partial charge in [-0.1, -0.05) is 13.8 Å². The van der Waals surface area contributed by atoms with Crippen LogP contribution in [0, 0.1) is 11.8 Å². The van der Waals surface area contributed by atoms with Gasteiger partial charge in [0.15, 0.2) is 0 Å². The summed E-state index contributed by atoms with van der Waals surface area (Å²) in [6.07, 6.45) is 3.55. The fraction of sp³-hybridized carbons (Fsp3) is 1.00. The maximum absolute atomic E-state index is 9.70. The molecule has 3 heteroatoms. The second-order valence-corrected chi connectivity index (χ2v) is 5.34. The molecule has 2 atom stereocenters. The van der Waals surface area contributed by atoms with Gasteiger partial charge in [-0.3, -0.25) is 0 Å². The first-order chi connectivity index (χ1) is 7.63. The second kappa shape index (κ2) is 7.25. The quantitative estimate of drug-likeness (QED) is 0.779. The van der Waals surface area contributed by atoms with Crippen molar-refractivity contribution in [1.29, 1.82) is 0 Å². The Morgan fingerprint density at radius 1 is 1.31 bits per heavy atom. The molecule has 0 bridgehead atoms. The minimum atomic E-state index is -0.333. The number of ether oxygens (including phenoxy) is 1. The third kappa shape index (κ3) is 4.81. The van der Waals surface area contributed by atoms with Crippen LogP contribution >= 0.6 is 0 Å². The minimum absolute atomic E-state index is 0.333. The summed E-state index contributed by atoms with van der Waals surface area (Å²) in [4.78, 5) is 2.38. The van der Waals surface area contributed by atoms with Crippen LogP contribution in [0.5, 0.6) is 0 Å². The van der Waals surface area contributed by atoms with Gasteiger partial charge in [-0.25, -0.2) is 0 Å². The molecule has 0 radical (unpaired) electrons. The molecule has 0 aromatic heterocycles. The minimum Gasteiger partial charge on any atom is -0.389 e. The van der Waals surface area contributed by atoms with E-state index in [-0.39, 0.29) is 6.10 Å². The van der Waals surface area contributed by atoms with Crippen molar-refractivity contribution in [3.05, 3.63) is 0 Å². The summed E-state index contributed by atoms with van der Waals surface area (Å²) in [6.45, 7) is 8.11. The van der Waals surface area contributed by atoms with E-state index in [9.17, 15) is 5.11 Å². The number of methoxy groups -OCH3 is 1. The zero-order valence-electron chi connectivity index (χ0n) is 11.0. The maximum atomic E-state index is 9.70. The molecule has 3 nitrogen and oxygen atoms in total. The summed E-state index contributed by atoms with van der Waals surface area (Å²) in [5.41, 5.74) is 0. The average Bonchev–Trinajstić information content (AvgIpc) is 2.43. The third-order valence-corrected chi connectivity index (χ3v) is 3.64. The lowest BCUT2D eigenvalue weighted by Gasteiger charge is -2.23. The van der Waals surface area contributed by atoms with Gasteiger partial charge in [0.2, 0.25) is 0 Å². The molecule has 1 aliphatic heterocycles. The number of hydrogen-bond donors (Lipinski definition) is 1. The van der Waals surface area contributed by atoms with E-state index in [0.29, 0.717) is 6.61 Å². The highest BCUT2D eigenvalue weighted by atomic mass is 16.5. The molecular weight excluding hydrogens is 202 g/mol. The monoisotopic (exact) mass is 229 g/mol. The summed E-state index contributed by atoms with van der Waals surface area (Å²) in [5.74, 6) is 1.66. The molecule has 1 aliphatic rings. The molecule has 96 valence electrons. The van der Waals surface area contributed by atoms with Crippen molar-refractivity contribution in [2.24, 2.45) is 11.8 Å². The molecule has 0 aliphatic carbocycles. The Bertz CT molecular complexity index is 185. The number of nitrogens with zero attached hydrogens (tertiary/aromatic N) is 1. The van der Waals surface area contributed by atoms with Gasteiger partial charge in [-0.15, -0.1) is 0 Å². The van der Waals surface area contributed by atoms with Gasteiger partial charge < -0.3 is 14.7 Å². The van der Waals surface area contributed by atoms with Crippen molar-refractivity contribution in [2.75, 3.05) is 33.4 Å². The van der Waals surface area contributed by atoms with Gasteiger partial charge in [-0.05, 0) is 44.2 Å². The molecule has 1 heterocycles. The molecule has 1 fully saturated rings. The topological polar surface area (TPSA) is 32.7 Å². The third-order valence-electron chi connectivity index (χ3n) is 3.64. The predicted octanol–water partition coefficient (Wildman–Crippen LogP) is 1.75. The lowest BCUT2D eigenvalue weighted by molar-refractivity contribution is 0.0381. The maximum Gasteiger partial charge on any atom is 0.0900 e. The number of likely N-dealkylation sites (tertiary alicyclic amines) is 1. The van der Waals surface area contributed by atoms with Crippen LogP contribution in [0.2, 0.25) is 0 Å². The number of hydrogen-bond acceptors (Lipinski definition) is 3. The first kappa shape index (κ1) is 13.9. The van der Waals surface area contributed by atoms with Crippen LogP contribution in [0.25, 0.3) is 0 Å². The Kier molecular flexibility index (Phi) is 6.32. The van der Waals surface area contributed by atoms with Crippen LogP contribution in [0.3, 0.4) is 0 Å². The highest BCUT2D eigenvalue weighted by molar-refractivity contribution is 4.73. The summed E-state index contributed by atoms with van der Waals surface area (Å²) in [7, 11) is 1.64. The predicted molar refractivity (Wildman–Crippen MR) is 66.5 cm³/mol. The Balaban J connectivity index is 2.29. The van der Waals surface area contributed by atoms with Crippen LogP contribution in [0.15, 0.2) is 0 Å². The second-order valence-electron chi connectivity index (χ2n) is 5.34. The lowest BCUT2D eigenvalue weighted by atomic mass is 9.89. The van der Waals surface area contributed by atoms with Crippen molar-refractivity contribution < 1.29 is 9.84 Å². The van der Waals surface area contributed by atoms with Gasteiger partial charge in [0.25, 0.3) is 0 Å². The Morgan fingerprint density at radius 2 is 2.06 bits per heavy atom. The van der Waals surface area contributed by atoms with Crippen molar-refractivity contribution >= 4 is 0 Å². The Labute approximate surface area is 99.8 Å². The van der Waals surface area contributed by atoms with Crippen molar-refractivity contribution in [2.45, 2.75) is 39.2 Å². The van der Waals surface area contributed by atoms with E-state index in [1.165, 1.54) is 19.3 Å². The first-order valence-electron chi connectivity index (χ1n) is 6.52. The fourth-order valence-electron chi connectivity index (χ4n) is 2.57. The highest BCUT2D eigenvalue weighted by Crippen LogP contribution is 2.24. The fourth-order valence-corrected chi connectivity index (χ4v) is 2.57. The van der Waals surface area contributed by atoms with Crippen molar-refractivity contribution in [1.82, 2.24) is 4.90 Å². The van der Waals surface area contributed by atoms with Crippen molar-refractivity contribution in [3.8, 4) is 0 Å². The van der Waals surface area contributed by atoms with E-state index in [1.54, 1.807) is 7.11 Å². The first-order valence-corrected chi connectivity index (χ1v) is 6.52. The smallest absolute Gasteiger partial charge is 0.0900 e. The molecule has 0 aromatic carbocycles. The van der Waals surface area contributed by atoms with Gasteiger partial charge >= 0.3 is 0 Å². The molecule has 0 aromatic rings. The lowest BCUT2D eigenvalue weighted by Crippen LogP contribution is -2.35. The summed E-state index contributed by atoms with van der Waals surface area (Å²) >= 11 is 0. The van der Waals surface area contributed by atoms with E-state index in [2.05, 4.69) is 18.7 Å². The average molecular weight is 229 g/mol. The Morgan fingerprint density at radius 3 is 2.69 bits per heavy atom. The molecule has 16 heavy (non-hydrogen) atoms. The van der Waals surface area contributed by atoms with Gasteiger partial charge in [0.1, 0.15) is 0 Å². The molecule has 1 N–H and O–H groups in total. The zero-order valence-corrected chi connectivity index (χ0v) is 11.0. The summed E-state index contributed by atoms with van der Waals surface area (Å²) in [6, 6.07) is 0. The largest absolute Gasteiger partial charge is 0.389 e. The molecule has 0 unspecified atom stereocenters. The molecular formula is C13H27NO2. The number of rotatable bonds is 5. The van der Waals surface area contributed by atoms with Crippen LogP contribution in [0.1, 0.15) is 33.1 Å². The summed E-state index contributed by atoms with van der Waals surface area (Å²) < 4.78 is 4.96. The van der Waals surface area contributed by atoms with Crippen LogP contribution < -0.4 is 0 Å². The molecule has 0 saturated carbocycles. The number of aliphatic hydroxyl groups excluding tert-OH is 1. The van der Waals surface area contributed by atoms with Crippen LogP contribution in [-0.2, 0) is 4.74 Å². The normalized spacial score (nSPS) is 25.7. The van der Waals surface area contributed by atoms with Crippen molar-refractivity contribution in [3.63, 3.8) is 0 Å². The molecule has 0 amide bonds. The standard InChI is InChI=1S/C13H27NO2/c1-11(2)12-5-4-7-14(8-6-12)9-13(15)10-16-3/h11-13,15H,4-10H2,1-3H3/t12-,13-/m0/s1. The molecule has 1 rings (SSSR count). The van der Waals surface area contributed by atoms with E-state index < -0.39 is 0 Å². The zero-order chi connectivity index (χ0) is 12.0. The van der Waals surface area contributed by atoms with Gasteiger partial charge in [-0.2, -0.15) is 0 Å². The van der Waals surface area contributed by atoms with Gasteiger partial charge in [0, 0.05) is 13.7 Å². The number of aliphatic hydroxyl groups is 1.